The number of aromatic nitrogens is 3. The summed E-state index contributed by atoms with van der Waals surface area (Å²) in [6.45, 7) is 5.70. The first-order chi connectivity index (χ1) is 14.2. The molecule has 1 heterocycles. The summed E-state index contributed by atoms with van der Waals surface area (Å²) in [5.41, 5.74) is 2.31. The molecule has 176 valence electrons. The summed E-state index contributed by atoms with van der Waals surface area (Å²) < 4.78 is 1.42. The summed E-state index contributed by atoms with van der Waals surface area (Å²) in [4.78, 5) is 16.8. The van der Waals surface area contributed by atoms with Gasteiger partial charge in [-0.25, -0.2) is 14.5 Å². The van der Waals surface area contributed by atoms with E-state index in [-0.39, 0.29) is 48.1 Å². The van der Waals surface area contributed by atoms with Crippen molar-refractivity contribution in [2.75, 3.05) is 39.1 Å². The van der Waals surface area contributed by atoms with Crippen molar-refractivity contribution in [1.82, 2.24) is 19.7 Å². The highest BCUT2D eigenvalue weighted by Crippen LogP contribution is 2.37. The Morgan fingerprint density at radius 3 is 2.19 bits per heavy atom. The Morgan fingerprint density at radius 1 is 1.00 bits per heavy atom. The lowest BCUT2D eigenvalue weighted by atomic mass is 9.98. The van der Waals surface area contributed by atoms with Gasteiger partial charge in [-0.1, -0.05) is 13.8 Å². The standard InChI is InChI=1S/C22H29N5O3.2ClH/c1-14(2)17-12-18(20(29)13-19(17)28)21-23-24-22(30)27(21)16-8-6-15(7-9-16)26(5)11-10-25(3)4;;/h6-9,12-14,28-29H,10-11H2,1-5H3,(H,24,30);2*1H. The lowest BCUT2D eigenvalue weighted by Gasteiger charge is -2.21. The van der Waals surface area contributed by atoms with Gasteiger partial charge in [0, 0.05) is 31.9 Å². The zero-order valence-electron chi connectivity index (χ0n) is 18.9. The first-order valence-corrected chi connectivity index (χ1v) is 9.89. The molecular weight excluding hydrogens is 453 g/mol. The smallest absolute Gasteiger partial charge is 0.348 e. The highest BCUT2D eigenvalue weighted by Gasteiger charge is 2.19. The Balaban J connectivity index is 0.00000256. The van der Waals surface area contributed by atoms with Crippen LogP contribution >= 0.6 is 24.8 Å². The van der Waals surface area contributed by atoms with Gasteiger partial charge in [0.15, 0.2) is 5.82 Å². The number of phenolic OH excluding ortho intramolecular Hbond substituents is 2. The summed E-state index contributed by atoms with van der Waals surface area (Å²) in [7, 11) is 6.09. The van der Waals surface area contributed by atoms with E-state index >= 15 is 0 Å². The minimum atomic E-state index is -0.405. The molecule has 0 spiro atoms. The molecule has 0 radical (unpaired) electrons. The van der Waals surface area contributed by atoms with Gasteiger partial charge < -0.3 is 20.0 Å². The molecular formula is C22H31Cl2N5O3. The molecule has 0 aliphatic heterocycles. The molecule has 0 aliphatic rings. The van der Waals surface area contributed by atoms with Crippen LogP contribution in [-0.2, 0) is 0 Å². The number of likely N-dealkylation sites (N-methyl/N-ethyl adjacent to an activating group) is 2. The van der Waals surface area contributed by atoms with E-state index in [0.29, 0.717) is 16.8 Å². The van der Waals surface area contributed by atoms with Gasteiger partial charge in [-0.05, 0) is 55.9 Å². The van der Waals surface area contributed by atoms with E-state index in [2.05, 4.69) is 20.0 Å². The molecule has 0 amide bonds. The van der Waals surface area contributed by atoms with E-state index in [0.717, 1.165) is 18.8 Å². The molecule has 0 bridgehead atoms. The molecule has 3 rings (SSSR count). The Bertz CT molecular complexity index is 1080. The third-order valence-electron chi connectivity index (χ3n) is 5.11. The molecule has 10 heteroatoms. The maximum Gasteiger partial charge on any atom is 0.348 e. The van der Waals surface area contributed by atoms with Gasteiger partial charge in [-0.2, -0.15) is 5.10 Å². The topological polar surface area (TPSA) is 97.6 Å². The molecule has 32 heavy (non-hydrogen) atoms. The molecule has 0 aliphatic carbocycles. The number of H-pyrrole nitrogens is 1. The molecule has 0 fully saturated rings. The molecule has 8 nitrogen and oxygen atoms in total. The van der Waals surface area contributed by atoms with Crippen molar-refractivity contribution in [1.29, 1.82) is 0 Å². The van der Waals surface area contributed by atoms with Crippen LogP contribution in [0.1, 0.15) is 25.3 Å². The summed E-state index contributed by atoms with van der Waals surface area (Å²) in [5, 5.41) is 27.1. The van der Waals surface area contributed by atoms with Crippen LogP contribution in [0, 0.1) is 0 Å². The van der Waals surface area contributed by atoms with Crippen molar-refractivity contribution in [3.63, 3.8) is 0 Å². The van der Waals surface area contributed by atoms with Crippen molar-refractivity contribution < 1.29 is 10.2 Å². The number of aromatic amines is 1. The van der Waals surface area contributed by atoms with Crippen molar-refractivity contribution in [3.8, 4) is 28.6 Å². The van der Waals surface area contributed by atoms with Crippen LogP contribution in [0.2, 0.25) is 0 Å². The summed E-state index contributed by atoms with van der Waals surface area (Å²) in [6.07, 6.45) is 0. The van der Waals surface area contributed by atoms with Crippen LogP contribution in [0.5, 0.6) is 11.5 Å². The summed E-state index contributed by atoms with van der Waals surface area (Å²) in [6, 6.07) is 10.6. The number of hydrogen-bond acceptors (Lipinski definition) is 6. The molecule has 0 saturated heterocycles. The Labute approximate surface area is 200 Å². The monoisotopic (exact) mass is 483 g/mol. The number of phenols is 2. The van der Waals surface area contributed by atoms with E-state index in [4.69, 9.17) is 0 Å². The van der Waals surface area contributed by atoms with Crippen LogP contribution in [0.25, 0.3) is 17.1 Å². The molecule has 3 aromatic rings. The van der Waals surface area contributed by atoms with Gasteiger partial charge in [0.05, 0.1) is 11.3 Å². The third kappa shape index (κ3) is 5.76. The summed E-state index contributed by atoms with van der Waals surface area (Å²) >= 11 is 0. The fraction of sp³-hybridized carbons (Fsp3) is 0.364. The van der Waals surface area contributed by atoms with Gasteiger partial charge in [-0.3, -0.25) is 0 Å². The predicted octanol–water partition coefficient (Wildman–Crippen LogP) is 3.60. The fourth-order valence-electron chi connectivity index (χ4n) is 3.29. The van der Waals surface area contributed by atoms with Crippen molar-refractivity contribution in [2.24, 2.45) is 0 Å². The lowest BCUT2D eigenvalue weighted by molar-refractivity contribution is 0.416. The van der Waals surface area contributed by atoms with Gasteiger partial charge in [0.2, 0.25) is 0 Å². The normalized spacial score (nSPS) is 10.7. The molecule has 3 N–H and O–H groups in total. The van der Waals surface area contributed by atoms with Crippen LogP contribution in [0.15, 0.2) is 41.2 Å². The van der Waals surface area contributed by atoms with Gasteiger partial charge in [-0.15, -0.1) is 24.8 Å². The number of rotatable bonds is 7. The Kier molecular flexibility index (Phi) is 9.63. The third-order valence-corrected chi connectivity index (χ3v) is 5.11. The zero-order valence-corrected chi connectivity index (χ0v) is 20.5. The largest absolute Gasteiger partial charge is 0.508 e. The van der Waals surface area contributed by atoms with Crippen LogP contribution in [0.4, 0.5) is 5.69 Å². The van der Waals surface area contributed by atoms with E-state index in [9.17, 15) is 15.0 Å². The minimum absolute atomic E-state index is 0. The van der Waals surface area contributed by atoms with Crippen LogP contribution < -0.4 is 10.6 Å². The van der Waals surface area contributed by atoms with Crippen molar-refractivity contribution >= 4 is 30.5 Å². The highest BCUT2D eigenvalue weighted by atomic mass is 35.5. The number of nitrogens with one attached hydrogen (secondary N) is 1. The first kappa shape index (κ1) is 27.4. The number of anilines is 1. The number of halogens is 2. The maximum absolute atomic E-state index is 12.5. The number of hydrogen-bond donors (Lipinski definition) is 3. The lowest BCUT2D eigenvalue weighted by Crippen LogP contribution is -2.28. The van der Waals surface area contributed by atoms with Crippen molar-refractivity contribution in [3.05, 3.63) is 52.4 Å². The van der Waals surface area contributed by atoms with E-state index < -0.39 is 5.69 Å². The van der Waals surface area contributed by atoms with E-state index in [1.165, 1.54) is 10.6 Å². The Hall–Kier alpha value is -2.68. The number of aromatic hydroxyl groups is 2. The second-order valence-electron chi connectivity index (χ2n) is 8.01. The number of benzene rings is 2. The Morgan fingerprint density at radius 2 is 1.62 bits per heavy atom. The first-order valence-electron chi connectivity index (χ1n) is 9.89. The van der Waals surface area contributed by atoms with Crippen molar-refractivity contribution in [2.45, 2.75) is 19.8 Å². The average Bonchev–Trinajstić information content (AvgIpc) is 3.07. The van der Waals surface area contributed by atoms with Crippen LogP contribution in [-0.4, -0.2) is 64.1 Å². The zero-order chi connectivity index (χ0) is 22.0. The fourth-order valence-corrected chi connectivity index (χ4v) is 3.29. The second-order valence-corrected chi connectivity index (χ2v) is 8.01. The maximum atomic E-state index is 12.5. The average molecular weight is 484 g/mol. The quantitative estimate of drug-likeness (QED) is 0.474. The molecule has 2 aromatic carbocycles. The molecule has 0 saturated carbocycles. The molecule has 1 aromatic heterocycles. The minimum Gasteiger partial charge on any atom is -0.508 e. The summed E-state index contributed by atoms with van der Waals surface area (Å²) in [5.74, 6) is 0.201. The number of nitrogens with zero attached hydrogens (tertiary/aromatic N) is 4. The molecule has 0 unspecified atom stereocenters. The van der Waals surface area contributed by atoms with Crippen LogP contribution in [0.3, 0.4) is 0 Å². The van der Waals surface area contributed by atoms with Gasteiger partial charge >= 0.3 is 5.69 Å². The second kappa shape index (κ2) is 11.3. The predicted molar refractivity (Wildman–Crippen MR) is 133 cm³/mol. The SMILES string of the molecule is CC(C)c1cc(-c2n[nH]c(=O)n2-c2ccc(N(C)CCN(C)C)cc2)c(O)cc1O.Cl.Cl. The molecule has 0 atom stereocenters. The van der Waals surface area contributed by atoms with E-state index in [1.54, 1.807) is 6.07 Å². The van der Waals surface area contributed by atoms with Gasteiger partial charge in [0.25, 0.3) is 0 Å². The highest BCUT2D eigenvalue weighted by molar-refractivity contribution is 5.85. The van der Waals surface area contributed by atoms with Gasteiger partial charge in [0.1, 0.15) is 11.5 Å². The van der Waals surface area contributed by atoms with E-state index in [1.807, 2.05) is 59.3 Å².